The lowest BCUT2D eigenvalue weighted by atomic mass is 10.1. The predicted octanol–water partition coefficient (Wildman–Crippen LogP) is 2.50. The lowest BCUT2D eigenvalue weighted by Gasteiger charge is -2.17. The van der Waals surface area contributed by atoms with Crippen LogP contribution in [0.5, 0.6) is 0 Å². The molecule has 0 unspecified atom stereocenters. The number of imide groups is 1. The number of halogens is 1. The summed E-state index contributed by atoms with van der Waals surface area (Å²) in [5.41, 5.74) is 0.841. The number of rotatable bonds is 6. The molecule has 0 radical (unpaired) electrons. The van der Waals surface area contributed by atoms with Gasteiger partial charge in [-0.25, -0.2) is 9.18 Å². The highest BCUT2D eigenvalue weighted by Crippen LogP contribution is 2.19. The van der Waals surface area contributed by atoms with Crippen LogP contribution in [0.15, 0.2) is 54.6 Å². The number of benzene rings is 2. The van der Waals surface area contributed by atoms with Gasteiger partial charge in [-0.3, -0.25) is 14.9 Å². The quantitative estimate of drug-likeness (QED) is 0.777. The molecule has 2 N–H and O–H groups in total. The molecule has 2 aromatic rings. The van der Waals surface area contributed by atoms with Crippen LogP contribution >= 0.6 is 0 Å². The fourth-order valence-electron chi connectivity index (χ4n) is 2.27. The minimum atomic E-state index is -1.29. The molecule has 136 valence electrons. The summed E-state index contributed by atoms with van der Waals surface area (Å²) < 4.78 is 18.5. The molecular formula is C19H19FN2O4. The van der Waals surface area contributed by atoms with Gasteiger partial charge in [0, 0.05) is 12.1 Å². The first-order valence-electron chi connectivity index (χ1n) is 8.07. The summed E-state index contributed by atoms with van der Waals surface area (Å²) in [6, 6.07) is 13.2. The molecule has 2 aromatic carbocycles. The summed E-state index contributed by atoms with van der Waals surface area (Å²) in [5.74, 6) is -1.95. The maximum absolute atomic E-state index is 13.2. The van der Waals surface area contributed by atoms with Gasteiger partial charge in [0.1, 0.15) is 5.82 Å². The Kier molecular flexibility index (Phi) is 6.84. The zero-order chi connectivity index (χ0) is 18.9. The Labute approximate surface area is 150 Å². The van der Waals surface area contributed by atoms with Crippen LogP contribution in [0.3, 0.4) is 0 Å². The van der Waals surface area contributed by atoms with Crippen molar-refractivity contribution < 1.29 is 23.5 Å². The number of urea groups is 1. The van der Waals surface area contributed by atoms with Crippen molar-refractivity contribution in [3.63, 3.8) is 0 Å². The average Bonchev–Trinajstić information content (AvgIpc) is 2.60. The summed E-state index contributed by atoms with van der Waals surface area (Å²) in [6.45, 7) is 2.05. The standard InChI is InChI=1S/C19H19FN2O4/c1-2-21-19(25)22-18(24)17(14-8-4-3-5-9-14)26-16(23)12-13-7-6-10-15(20)11-13/h3-11,17H,2,12H2,1H3,(H2,21,22,24,25)/t17-/m1/s1. The number of esters is 1. The van der Waals surface area contributed by atoms with E-state index < -0.39 is 29.8 Å². The van der Waals surface area contributed by atoms with Crippen LogP contribution in [0.2, 0.25) is 0 Å². The van der Waals surface area contributed by atoms with Crippen LogP contribution in [-0.2, 0) is 20.7 Å². The number of hydrogen-bond donors (Lipinski definition) is 2. The van der Waals surface area contributed by atoms with Crippen molar-refractivity contribution in [2.24, 2.45) is 0 Å². The largest absolute Gasteiger partial charge is 0.447 e. The Morgan fingerprint density at radius 3 is 2.46 bits per heavy atom. The Hall–Kier alpha value is -3.22. The first-order chi connectivity index (χ1) is 12.5. The number of carbonyl (C=O) groups is 3. The summed E-state index contributed by atoms with van der Waals surface area (Å²) in [7, 11) is 0. The van der Waals surface area contributed by atoms with Gasteiger partial charge in [0.25, 0.3) is 5.91 Å². The molecule has 2 rings (SSSR count). The number of ether oxygens (including phenoxy) is 1. The Morgan fingerprint density at radius 1 is 1.08 bits per heavy atom. The number of nitrogens with one attached hydrogen (secondary N) is 2. The van der Waals surface area contributed by atoms with E-state index >= 15 is 0 Å². The molecule has 0 aliphatic rings. The molecule has 0 spiro atoms. The van der Waals surface area contributed by atoms with Crippen molar-refractivity contribution in [2.75, 3.05) is 6.54 Å². The third-order valence-electron chi connectivity index (χ3n) is 3.40. The van der Waals surface area contributed by atoms with Gasteiger partial charge in [0.2, 0.25) is 6.10 Å². The van der Waals surface area contributed by atoms with Gasteiger partial charge in [-0.2, -0.15) is 0 Å². The van der Waals surface area contributed by atoms with E-state index in [4.69, 9.17) is 4.74 Å². The highest BCUT2D eigenvalue weighted by atomic mass is 19.1. The molecule has 0 heterocycles. The molecule has 0 fully saturated rings. The Balaban J connectivity index is 2.12. The third kappa shape index (κ3) is 5.70. The van der Waals surface area contributed by atoms with Crippen LogP contribution in [-0.4, -0.2) is 24.5 Å². The molecular weight excluding hydrogens is 339 g/mol. The topological polar surface area (TPSA) is 84.5 Å². The van der Waals surface area contributed by atoms with Gasteiger partial charge in [-0.05, 0) is 24.6 Å². The predicted molar refractivity (Wildman–Crippen MR) is 92.6 cm³/mol. The van der Waals surface area contributed by atoms with Crippen LogP contribution in [0.25, 0.3) is 0 Å². The molecule has 1 atom stereocenters. The van der Waals surface area contributed by atoms with Crippen LogP contribution in [0.4, 0.5) is 9.18 Å². The van der Waals surface area contributed by atoms with Crippen molar-refractivity contribution in [1.82, 2.24) is 10.6 Å². The Morgan fingerprint density at radius 2 is 1.81 bits per heavy atom. The van der Waals surface area contributed by atoms with Crippen LogP contribution < -0.4 is 10.6 Å². The van der Waals surface area contributed by atoms with Crippen molar-refractivity contribution >= 4 is 17.9 Å². The lowest BCUT2D eigenvalue weighted by molar-refractivity contribution is -0.155. The maximum atomic E-state index is 13.2. The van der Waals surface area contributed by atoms with E-state index in [9.17, 15) is 18.8 Å². The molecule has 0 aliphatic heterocycles. The number of hydrogen-bond acceptors (Lipinski definition) is 4. The van der Waals surface area contributed by atoms with E-state index in [0.717, 1.165) is 0 Å². The monoisotopic (exact) mass is 358 g/mol. The van der Waals surface area contributed by atoms with Crippen molar-refractivity contribution in [3.8, 4) is 0 Å². The van der Waals surface area contributed by atoms with E-state index in [-0.39, 0.29) is 6.42 Å². The molecule has 3 amide bonds. The van der Waals surface area contributed by atoms with Gasteiger partial charge >= 0.3 is 12.0 Å². The maximum Gasteiger partial charge on any atom is 0.321 e. The first kappa shape index (κ1) is 19.1. The van der Waals surface area contributed by atoms with Crippen LogP contribution in [0, 0.1) is 5.82 Å². The molecule has 0 saturated heterocycles. The lowest BCUT2D eigenvalue weighted by Crippen LogP contribution is -2.42. The number of carbonyl (C=O) groups excluding carboxylic acids is 3. The van der Waals surface area contributed by atoms with Crippen molar-refractivity contribution in [2.45, 2.75) is 19.4 Å². The summed E-state index contributed by atoms with van der Waals surface area (Å²) in [4.78, 5) is 36.1. The van der Waals surface area contributed by atoms with E-state index in [1.807, 2.05) is 0 Å². The normalized spacial score (nSPS) is 11.3. The third-order valence-corrected chi connectivity index (χ3v) is 3.40. The van der Waals surface area contributed by atoms with Gasteiger partial charge in [-0.1, -0.05) is 42.5 Å². The highest BCUT2D eigenvalue weighted by Gasteiger charge is 2.26. The second-order valence-electron chi connectivity index (χ2n) is 5.44. The van der Waals surface area contributed by atoms with Gasteiger partial charge in [0.15, 0.2) is 0 Å². The minimum absolute atomic E-state index is 0.199. The molecule has 0 aliphatic carbocycles. The molecule has 26 heavy (non-hydrogen) atoms. The molecule has 0 aromatic heterocycles. The smallest absolute Gasteiger partial charge is 0.321 e. The second kappa shape index (κ2) is 9.31. The fourth-order valence-corrected chi connectivity index (χ4v) is 2.27. The molecule has 7 heteroatoms. The van der Waals surface area contributed by atoms with Gasteiger partial charge in [0.05, 0.1) is 6.42 Å². The van der Waals surface area contributed by atoms with Gasteiger partial charge < -0.3 is 10.1 Å². The summed E-state index contributed by atoms with van der Waals surface area (Å²) in [5, 5.41) is 4.56. The minimum Gasteiger partial charge on any atom is -0.447 e. The Bertz CT molecular complexity index is 780. The van der Waals surface area contributed by atoms with E-state index in [1.165, 1.54) is 18.2 Å². The molecule has 6 nitrogen and oxygen atoms in total. The summed E-state index contributed by atoms with van der Waals surface area (Å²) >= 11 is 0. The van der Waals surface area contributed by atoms with Crippen molar-refractivity contribution in [3.05, 3.63) is 71.5 Å². The van der Waals surface area contributed by atoms with E-state index in [2.05, 4.69) is 10.6 Å². The highest BCUT2D eigenvalue weighted by molar-refractivity contribution is 5.97. The number of amides is 3. The second-order valence-corrected chi connectivity index (χ2v) is 5.44. The summed E-state index contributed by atoms with van der Waals surface area (Å²) in [6.07, 6.45) is -1.49. The SMILES string of the molecule is CCNC(=O)NC(=O)[C@H](OC(=O)Cc1cccc(F)c1)c1ccccc1. The molecule has 0 saturated carbocycles. The van der Waals surface area contributed by atoms with E-state index in [0.29, 0.717) is 17.7 Å². The van der Waals surface area contributed by atoms with Gasteiger partial charge in [-0.15, -0.1) is 0 Å². The molecule has 0 bridgehead atoms. The zero-order valence-corrected chi connectivity index (χ0v) is 14.2. The van der Waals surface area contributed by atoms with Crippen LogP contribution in [0.1, 0.15) is 24.2 Å². The average molecular weight is 358 g/mol. The fraction of sp³-hybridized carbons (Fsp3) is 0.211. The first-order valence-corrected chi connectivity index (χ1v) is 8.07. The van der Waals surface area contributed by atoms with E-state index in [1.54, 1.807) is 43.3 Å². The zero-order valence-electron chi connectivity index (χ0n) is 14.2. The van der Waals surface area contributed by atoms with Crippen molar-refractivity contribution in [1.29, 1.82) is 0 Å².